The molecule has 0 saturated heterocycles. The van der Waals surface area contributed by atoms with Crippen LogP contribution in [0.15, 0.2) is 24.3 Å². The van der Waals surface area contributed by atoms with E-state index >= 15 is 0 Å². The molecule has 1 N–H and O–H groups in total. The van der Waals surface area contributed by atoms with Crippen LogP contribution in [0.3, 0.4) is 0 Å². The first kappa shape index (κ1) is 10.4. The van der Waals surface area contributed by atoms with E-state index in [2.05, 4.69) is 26.7 Å². The molecule has 0 saturated carbocycles. The Morgan fingerprint density at radius 2 is 1.55 bits per heavy atom. The van der Waals surface area contributed by atoms with E-state index in [4.69, 9.17) is 0 Å². The Morgan fingerprint density at radius 3 is 1.91 bits per heavy atom. The fourth-order valence-corrected chi connectivity index (χ4v) is 0.842. The first-order valence-corrected chi connectivity index (χ1v) is 4.44. The van der Waals surface area contributed by atoms with Gasteiger partial charge in [0.2, 0.25) is 0 Å². The Bertz CT molecular complexity index is 181. The summed E-state index contributed by atoms with van der Waals surface area (Å²) in [4.78, 5) is 0. The quantitative estimate of drug-likeness (QED) is 0.636. The van der Waals surface area contributed by atoms with Crippen molar-refractivity contribution in [3.05, 3.63) is 24.3 Å². The Kier molecular flexibility index (Phi) is 5.87. The summed E-state index contributed by atoms with van der Waals surface area (Å²) in [6.07, 6.45) is 0. The lowest BCUT2D eigenvalue weighted by Gasteiger charge is -1.97. The third-order valence-corrected chi connectivity index (χ3v) is 1.58. The van der Waals surface area contributed by atoms with Crippen LogP contribution >= 0.6 is 9.24 Å². The summed E-state index contributed by atoms with van der Waals surface area (Å²) < 4.78 is 0. The van der Waals surface area contributed by atoms with Crippen LogP contribution in [0.1, 0.15) is 13.8 Å². The minimum Gasteiger partial charge on any atom is -0.388 e. The second-order valence-corrected chi connectivity index (χ2v) is 2.54. The molecular formula is C9H16NP. The maximum absolute atomic E-state index is 3.04. The molecule has 1 unspecified atom stereocenters. The van der Waals surface area contributed by atoms with Crippen LogP contribution in [0, 0.1) is 0 Å². The van der Waals surface area contributed by atoms with Crippen LogP contribution in [-0.2, 0) is 0 Å². The van der Waals surface area contributed by atoms with Gasteiger partial charge in [0.25, 0.3) is 0 Å². The van der Waals surface area contributed by atoms with Gasteiger partial charge in [0, 0.05) is 12.7 Å². The van der Waals surface area contributed by atoms with Crippen molar-refractivity contribution in [2.45, 2.75) is 13.8 Å². The van der Waals surface area contributed by atoms with Gasteiger partial charge in [-0.1, -0.05) is 26.0 Å². The van der Waals surface area contributed by atoms with E-state index in [1.54, 1.807) is 0 Å². The fourth-order valence-electron chi connectivity index (χ4n) is 0.650. The van der Waals surface area contributed by atoms with E-state index in [-0.39, 0.29) is 0 Å². The molecule has 1 aromatic rings. The number of anilines is 1. The molecule has 0 heterocycles. The highest BCUT2D eigenvalue weighted by Gasteiger charge is 1.83. The summed E-state index contributed by atoms with van der Waals surface area (Å²) >= 11 is 0. The van der Waals surface area contributed by atoms with Gasteiger partial charge < -0.3 is 5.32 Å². The molecular weight excluding hydrogens is 153 g/mol. The van der Waals surface area contributed by atoms with Crippen LogP contribution in [0.5, 0.6) is 0 Å². The Morgan fingerprint density at radius 1 is 1.09 bits per heavy atom. The van der Waals surface area contributed by atoms with Crippen molar-refractivity contribution in [1.29, 1.82) is 0 Å². The fraction of sp³-hybridized carbons (Fsp3) is 0.333. The van der Waals surface area contributed by atoms with Crippen molar-refractivity contribution in [3.8, 4) is 0 Å². The third kappa shape index (κ3) is 4.00. The molecule has 0 bridgehead atoms. The highest BCUT2D eigenvalue weighted by Crippen LogP contribution is 2.02. The molecule has 1 rings (SSSR count). The van der Waals surface area contributed by atoms with Crippen molar-refractivity contribution >= 4 is 20.2 Å². The van der Waals surface area contributed by atoms with Gasteiger partial charge in [-0.3, -0.25) is 0 Å². The highest BCUT2D eigenvalue weighted by molar-refractivity contribution is 7.27. The van der Waals surface area contributed by atoms with E-state index in [1.807, 2.05) is 33.0 Å². The third-order valence-electron chi connectivity index (χ3n) is 1.20. The molecule has 2 heteroatoms. The highest BCUT2D eigenvalue weighted by atomic mass is 31.0. The summed E-state index contributed by atoms with van der Waals surface area (Å²) in [5.74, 6) is 0. The van der Waals surface area contributed by atoms with Gasteiger partial charge in [0.15, 0.2) is 0 Å². The van der Waals surface area contributed by atoms with E-state index in [0.717, 1.165) is 5.69 Å². The smallest absolute Gasteiger partial charge is 0.0337 e. The largest absolute Gasteiger partial charge is 0.388 e. The van der Waals surface area contributed by atoms with Crippen LogP contribution in [0.25, 0.3) is 0 Å². The zero-order chi connectivity index (χ0) is 8.69. The second kappa shape index (κ2) is 6.18. The molecule has 1 nitrogen and oxygen atoms in total. The lowest BCUT2D eigenvalue weighted by molar-refractivity contribution is 1.50. The normalized spacial score (nSPS) is 8.00. The van der Waals surface area contributed by atoms with Crippen molar-refractivity contribution in [2.24, 2.45) is 0 Å². The molecule has 0 aromatic heterocycles. The zero-order valence-electron chi connectivity index (χ0n) is 7.39. The van der Waals surface area contributed by atoms with Crippen LogP contribution < -0.4 is 10.6 Å². The summed E-state index contributed by atoms with van der Waals surface area (Å²) in [6.45, 7) is 4.00. The van der Waals surface area contributed by atoms with Crippen molar-refractivity contribution in [3.63, 3.8) is 0 Å². The minimum absolute atomic E-state index is 1.15. The topological polar surface area (TPSA) is 12.0 Å². The Balaban J connectivity index is 0.000000461. The summed E-state index contributed by atoms with van der Waals surface area (Å²) in [5.41, 5.74) is 1.15. The minimum atomic E-state index is 1.15. The van der Waals surface area contributed by atoms with Gasteiger partial charge in [-0.25, -0.2) is 0 Å². The maximum atomic E-state index is 3.04. The molecule has 0 aliphatic heterocycles. The first-order valence-electron chi connectivity index (χ1n) is 3.86. The van der Waals surface area contributed by atoms with Gasteiger partial charge in [-0.05, 0) is 17.4 Å². The maximum Gasteiger partial charge on any atom is 0.0337 e. The average molecular weight is 169 g/mol. The molecule has 0 spiro atoms. The molecule has 1 aromatic carbocycles. The SMILES string of the molecule is CC.CNc1ccc(P)cc1. The van der Waals surface area contributed by atoms with Crippen molar-refractivity contribution in [2.75, 3.05) is 12.4 Å². The average Bonchev–Trinajstić information content (AvgIpc) is 2.10. The molecule has 0 fully saturated rings. The number of nitrogens with one attached hydrogen (secondary N) is 1. The summed E-state index contributed by atoms with van der Waals surface area (Å²) in [6, 6.07) is 8.19. The van der Waals surface area contributed by atoms with Crippen molar-refractivity contribution in [1.82, 2.24) is 0 Å². The molecule has 0 amide bonds. The predicted octanol–water partition coefficient (Wildman–Crippen LogP) is 2.25. The Hall–Kier alpha value is -0.550. The molecule has 11 heavy (non-hydrogen) atoms. The van der Waals surface area contributed by atoms with E-state index in [1.165, 1.54) is 5.30 Å². The Labute approximate surface area is 71.4 Å². The van der Waals surface area contributed by atoms with Gasteiger partial charge >= 0.3 is 0 Å². The van der Waals surface area contributed by atoms with Crippen LogP contribution in [0.2, 0.25) is 0 Å². The van der Waals surface area contributed by atoms with Crippen LogP contribution in [0.4, 0.5) is 5.69 Å². The standard InChI is InChI=1S/C7H10NP.C2H6/c1-8-6-2-4-7(9)5-3-6;1-2/h2-5,8H,9H2,1H3;1-2H3. The summed E-state index contributed by atoms with van der Waals surface area (Å²) in [7, 11) is 4.56. The van der Waals surface area contributed by atoms with Gasteiger partial charge in [-0.2, -0.15) is 0 Å². The number of rotatable bonds is 1. The molecule has 1 atom stereocenters. The first-order chi connectivity index (χ1) is 5.33. The second-order valence-electron chi connectivity index (χ2n) is 1.87. The zero-order valence-corrected chi connectivity index (χ0v) is 8.54. The van der Waals surface area contributed by atoms with Gasteiger partial charge in [0.1, 0.15) is 0 Å². The lowest BCUT2D eigenvalue weighted by atomic mass is 10.3. The molecule has 0 aliphatic rings. The van der Waals surface area contributed by atoms with Gasteiger partial charge in [0.05, 0.1) is 0 Å². The molecule has 0 aliphatic carbocycles. The molecule has 0 radical (unpaired) electrons. The van der Waals surface area contributed by atoms with E-state index in [0.29, 0.717) is 0 Å². The van der Waals surface area contributed by atoms with Crippen molar-refractivity contribution < 1.29 is 0 Å². The van der Waals surface area contributed by atoms with Crippen LogP contribution in [-0.4, -0.2) is 7.05 Å². The predicted molar refractivity (Wildman–Crippen MR) is 56.7 cm³/mol. The monoisotopic (exact) mass is 169 g/mol. The number of hydrogen-bond donors (Lipinski definition) is 1. The van der Waals surface area contributed by atoms with E-state index < -0.39 is 0 Å². The number of benzene rings is 1. The number of hydrogen-bond acceptors (Lipinski definition) is 1. The molecule has 62 valence electrons. The van der Waals surface area contributed by atoms with E-state index in [9.17, 15) is 0 Å². The summed E-state index contributed by atoms with van der Waals surface area (Å²) in [5, 5.41) is 4.26. The lowest BCUT2D eigenvalue weighted by Crippen LogP contribution is -1.91. The van der Waals surface area contributed by atoms with Gasteiger partial charge in [-0.15, -0.1) is 9.24 Å².